The first-order valence-electron chi connectivity index (χ1n) is 1.95. The van der Waals surface area contributed by atoms with Crippen molar-refractivity contribution >= 4 is 18.2 Å². The summed E-state index contributed by atoms with van der Waals surface area (Å²) in [5.74, 6) is 0. The molecule has 0 N–H and O–H groups in total. The Morgan fingerprint density at radius 1 is 0.800 bits per heavy atom. The van der Waals surface area contributed by atoms with Gasteiger partial charge in [0, 0.05) is 0 Å². The zero-order valence-corrected chi connectivity index (χ0v) is 4.57. The molecule has 0 aliphatic carbocycles. The van der Waals surface area contributed by atoms with Gasteiger partial charge in [0.15, 0.2) is 0 Å². The minimum atomic E-state index is -0.611. The molecule has 0 aromatic heterocycles. The Bertz CT molecular complexity index is 200. The van der Waals surface area contributed by atoms with Crippen LogP contribution in [0.4, 0.5) is 0 Å². The van der Waals surface area contributed by atoms with Crippen molar-refractivity contribution in [3.63, 3.8) is 0 Å². The van der Waals surface area contributed by atoms with E-state index < -0.39 is 6.29 Å². The molecular formula is C4N3O3. The minimum absolute atomic E-state index is 0.611. The highest BCUT2D eigenvalue weighted by Crippen LogP contribution is 2.00. The van der Waals surface area contributed by atoms with Gasteiger partial charge in [-0.25, -0.2) is 14.4 Å². The fourth-order valence-corrected chi connectivity index (χ4v) is 0.197. The van der Waals surface area contributed by atoms with Crippen molar-refractivity contribution in [3.8, 4) is 0 Å². The number of aliphatic imine (C=N–C) groups is 3. The van der Waals surface area contributed by atoms with E-state index in [-0.39, 0.29) is 0 Å². The van der Waals surface area contributed by atoms with Crippen LogP contribution in [-0.2, 0) is 14.4 Å². The molecule has 0 saturated carbocycles. The second-order valence-electron chi connectivity index (χ2n) is 0.909. The molecule has 0 saturated heterocycles. The quantitative estimate of drug-likeness (QED) is 0.386. The van der Waals surface area contributed by atoms with Crippen LogP contribution in [0.1, 0.15) is 0 Å². The predicted octanol–water partition coefficient (Wildman–Crippen LogP) is -0.559. The summed E-state index contributed by atoms with van der Waals surface area (Å²) in [5, 5.41) is 0. The van der Waals surface area contributed by atoms with Crippen molar-refractivity contribution in [2.75, 3.05) is 0 Å². The van der Waals surface area contributed by atoms with E-state index in [4.69, 9.17) is 0 Å². The van der Waals surface area contributed by atoms with E-state index in [0.717, 1.165) is 18.2 Å². The highest BCUT2D eigenvalue weighted by Gasteiger charge is 2.00. The molecule has 10 heavy (non-hydrogen) atoms. The van der Waals surface area contributed by atoms with Gasteiger partial charge in [-0.15, -0.1) is 15.0 Å². The molecule has 49 valence electrons. The molecule has 0 rings (SSSR count). The number of rotatable bonds is 3. The van der Waals surface area contributed by atoms with E-state index in [0.29, 0.717) is 0 Å². The lowest BCUT2D eigenvalue weighted by Crippen LogP contribution is -1.81. The molecule has 0 bridgehead atoms. The summed E-state index contributed by atoms with van der Waals surface area (Å²) >= 11 is 0. The van der Waals surface area contributed by atoms with Gasteiger partial charge < -0.3 is 0 Å². The summed E-state index contributed by atoms with van der Waals surface area (Å²) in [7, 11) is 0. The predicted molar refractivity (Wildman–Crippen MR) is 27.6 cm³/mol. The van der Waals surface area contributed by atoms with Crippen LogP contribution in [0, 0.1) is 6.29 Å². The summed E-state index contributed by atoms with van der Waals surface area (Å²) in [5.41, 5.74) is 0. The maximum atomic E-state index is 9.47. The van der Waals surface area contributed by atoms with Crippen LogP contribution in [0.5, 0.6) is 0 Å². The lowest BCUT2D eigenvalue weighted by atomic mass is 10.9. The smallest absolute Gasteiger partial charge is 0.211 e. The van der Waals surface area contributed by atoms with E-state index in [9.17, 15) is 14.4 Å². The molecule has 6 heteroatoms. The number of carbonyl (C=O) groups excluding carboxylic acids is 3. The summed E-state index contributed by atoms with van der Waals surface area (Å²) in [4.78, 5) is 36.7. The zero-order chi connectivity index (χ0) is 7.82. The third kappa shape index (κ3) is 3.18. The number of hydrogen-bond acceptors (Lipinski definition) is 6. The molecule has 0 aliphatic heterocycles. The SMILES string of the molecule is O=C=N[C](N=C=O)N=C=O. The van der Waals surface area contributed by atoms with Crippen molar-refractivity contribution in [1.82, 2.24) is 0 Å². The number of isocyanates is 3. The van der Waals surface area contributed by atoms with E-state index in [1.165, 1.54) is 0 Å². The van der Waals surface area contributed by atoms with Crippen molar-refractivity contribution in [2.24, 2.45) is 15.0 Å². The molecule has 0 fully saturated rings. The molecule has 0 aromatic rings. The fraction of sp³-hybridized carbons (Fsp3) is 0. The molecule has 0 heterocycles. The summed E-state index contributed by atoms with van der Waals surface area (Å²) in [6.07, 6.45) is 2.48. The average molecular weight is 138 g/mol. The fourth-order valence-electron chi connectivity index (χ4n) is 0.197. The van der Waals surface area contributed by atoms with Crippen molar-refractivity contribution in [1.29, 1.82) is 0 Å². The Labute approximate surface area is 55.0 Å². The lowest BCUT2D eigenvalue weighted by molar-refractivity contribution is 0.556. The second kappa shape index (κ2) is 5.28. The zero-order valence-electron chi connectivity index (χ0n) is 4.57. The maximum Gasteiger partial charge on any atom is 0.347 e. The largest absolute Gasteiger partial charge is 0.347 e. The van der Waals surface area contributed by atoms with Crippen LogP contribution < -0.4 is 0 Å². The van der Waals surface area contributed by atoms with E-state index in [2.05, 4.69) is 15.0 Å². The maximum absolute atomic E-state index is 9.47. The van der Waals surface area contributed by atoms with E-state index in [1.54, 1.807) is 0 Å². The van der Waals surface area contributed by atoms with Gasteiger partial charge in [-0.3, -0.25) is 0 Å². The molecule has 0 unspecified atom stereocenters. The van der Waals surface area contributed by atoms with Crippen molar-refractivity contribution < 1.29 is 14.4 Å². The van der Waals surface area contributed by atoms with E-state index >= 15 is 0 Å². The standard InChI is InChI=1S/C4N3O3/c8-1-5-4(6-2-9)7-3-10. The van der Waals surface area contributed by atoms with Gasteiger partial charge in [-0.2, -0.15) is 0 Å². The normalized spacial score (nSPS) is 6.90. The Morgan fingerprint density at radius 3 is 1.30 bits per heavy atom. The van der Waals surface area contributed by atoms with Crippen LogP contribution in [0.2, 0.25) is 0 Å². The topological polar surface area (TPSA) is 88.3 Å². The van der Waals surface area contributed by atoms with Crippen molar-refractivity contribution in [3.05, 3.63) is 6.29 Å². The third-order valence-electron chi connectivity index (χ3n) is 0.437. The molecule has 0 amide bonds. The lowest BCUT2D eigenvalue weighted by Gasteiger charge is -1.82. The Kier molecular flexibility index (Phi) is 4.30. The highest BCUT2D eigenvalue weighted by molar-refractivity contribution is 5.43. The van der Waals surface area contributed by atoms with Gasteiger partial charge in [0.1, 0.15) is 0 Å². The first-order valence-corrected chi connectivity index (χ1v) is 1.95. The molecule has 0 aromatic carbocycles. The van der Waals surface area contributed by atoms with Crippen molar-refractivity contribution in [2.45, 2.75) is 0 Å². The second-order valence-corrected chi connectivity index (χ2v) is 0.909. The highest BCUT2D eigenvalue weighted by atomic mass is 16.1. The summed E-state index contributed by atoms with van der Waals surface area (Å²) < 4.78 is 0. The molecule has 6 nitrogen and oxygen atoms in total. The van der Waals surface area contributed by atoms with Gasteiger partial charge in [0.2, 0.25) is 18.2 Å². The van der Waals surface area contributed by atoms with Gasteiger partial charge >= 0.3 is 6.29 Å². The number of hydrogen-bond donors (Lipinski definition) is 0. The van der Waals surface area contributed by atoms with Gasteiger partial charge in [-0.1, -0.05) is 0 Å². The summed E-state index contributed by atoms with van der Waals surface area (Å²) in [6.45, 7) is 0. The first kappa shape index (κ1) is 8.14. The summed E-state index contributed by atoms with van der Waals surface area (Å²) in [6, 6.07) is 0. The molecule has 0 atom stereocenters. The first-order chi connectivity index (χ1) is 4.85. The Balaban J connectivity index is 4.39. The molecular weight excluding hydrogens is 138 g/mol. The molecule has 0 spiro atoms. The molecule has 1 radical (unpaired) electrons. The average Bonchev–Trinajstić information content (AvgIpc) is 1.90. The monoisotopic (exact) mass is 138 g/mol. The van der Waals surface area contributed by atoms with Crippen LogP contribution in [0.15, 0.2) is 15.0 Å². The van der Waals surface area contributed by atoms with Gasteiger partial charge in [0.05, 0.1) is 0 Å². The van der Waals surface area contributed by atoms with Gasteiger partial charge in [0.25, 0.3) is 0 Å². The minimum Gasteiger partial charge on any atom is -0.211 e. The Hall–Kier alpha value is -1.86. The number of nitrogens with zero attached hydrogens (tertiary/aromatic N) is 3. The van der Waals surface area contributed by atoms with Crippen LogP contribution in [-0.4, -0.2) is 18.2 Å². The third-order valence-corrected chi connectivity index (χ3v) is 0.437. The van der Waals surface area contributed by atoms with E-state index in [1.807, 2.05) is 0 Å². The van der Waals surface area contributed by atoms with Crippen LogP contribution in [0.25, 0.3) is 0 Å². The molecule has 0 aliphatic rings. The Morgan fingerprint density at radius 2 is 1.10 bits per heavy atom. The van der Waals surface area contributed by atoms with Crippen LogP contribution in [0.3, 0.4) is 0 Å². The van der Waals surface area contributed by atoms with Gasteiger partial charge in [-0.05, 0) is 0 Å². The van der Waals surface area contributed by atoms with Crippen LogP contribution >= 0.6 is 0 Å².